The summed E-state index contributed by atoms with van der Waals surface area (Å²) in [5.74, 6) is -2.37. The molecular formula is C57H93NO8. The summed E-state index contributed by atoms with van der Waals surface area (Å²) in [5, 5.41) is 11.7. The van der Waals surface area contributed by atoms with Crippen LogP contribution in [0.1, 0.15) is 174 Å². The number of hydrogen-bond donors (Lipinski definition) is 0. The van der Waals surface area contributed by atoms with E-state index in [0.717, 1.165) is 103 Å². The number of likely N-dealkylation sites (N-methyl/N-ethyl adjacent to an activating group) is 1. The van der Waals surface area contributed by atoms with Crippen molar-refractivity contribution in [2.45, 2.75) is 187 Å². The summed E-state index contributed by atoms with van der Waals surface area (Å²) in [6.45, 7) is 4.53. The Morgan fingerprint density at radius 1 is 0.470 bits per heavy atom. The number of nitrogens with zero attached hydrogens (tertiary/aromatic N) is 1. The van der Waals surface area contributed by atoms with Gasteiger partial charge in [-0.25, -0.2) is 0 Å². The summed E-state index contributed by atoms with van der Waals surface area (Å²) in [6, 6.07) is 0. The molecule has 2 atom stereocenters. The molecule has 0 heterocycles. The zero-order chi connectivity index (χ0) is 48.4. The predicted octanol–water partition coefficient (Wildman–Crippen LogP) is 13.1. The van der Waals surface area contributed by atoms with Gasteiger partial charge in [0, 0.05) is 12.8 Å². The molecule has 374 valence electrons. The molecular weight excluding hydrogens is 827 g/mol. The van der Waals surface area contributed by atoms with E-state index in [1.54, 1.807) is 0 Å². The van der Waals surface area contributed by atoms with Crippen LogP contribution in [-0.4, -0.2) is 82.3 Å². The molecule has 0 aromatic rings. The minimum absolute atomic E-state index is 0.131. The maximum absolute atomic E-state index is 12.8. The SMILES string of the molecule is CC/C=C\C/C=C\C/C=C\C/C=C\C/C=C\C/C=C\C/C=C\C/C=C\CCCCC(=O)OC(COC(=O)CCCCCCC/C=C\CCCCCCC)COC(OCC[N+](C)(C)C)C(=O)[O-]. The molecule has 2 unspecified atom stereocenters. The second-order valence-corrected chi connectivity index (χ2v) is 17.7. The van der Waals surface area contributed by atoms with E-state index in [-0.39, 0.29) is 38.6 Å². The third-order valence-electron chi connectivity index (χ3n) is 10.3. The molecule has 0 N–H and O–H groups in total. The molecule has 0 rings (SSSR count). The van der Waals surface area contributed by atoms with Crippen LogP contribution in [0.2, 0.25) is 0 Å². The molecule has 0 saturated heterocycles. The molecule has 66 heavy (non-hydrogen) atoms. The van der Waals surface area contributed by atoms with Gasteiger partial charge < -0.3 is 33.3 Å². The second kappa shape index (κ2) is 47.4. The average Bonchev–Trinajstić information content (AvgIpc) is 3.28. The van der Waals surface area contributed by atoms with Crippen molar-refractivity contribution >= 4 is 17.9 Å². The van der Waals surface area contributed by atoms with E-state index in [1.165, 1.54) is 38.5 Å². The number of carboxylic acid groups (broad SMARTS) is 1. The first-order chi connectivity index (χ1) is 32.1. The number of esters is 2. The van der Waals surface area contributed by atoms with E-state index in [4.69, 9.17) is 18.9 Å². The van der Waals surface area contributed by atoms with Gasteiger partial charge in [-0.1, -0.05) is 168 Å². The lowest BCUT2D eigenvalue weighted by atomic mass is 10.1. The maximum atomic E-state index is 12.8. The van der Waals surface area contributed by atoms with Crippen molar-refractivity contribution in [2.75, 3.05) is 47.5 Å². The summed E-state index contributed by atoms with van der Waals surface area (Å²) in [4.78, 5) is 37.1. The lowest BCUT2D eigenvalue weighted by Crippen LogP contribution is -2.44. The van der Waals surface area contributed by atoms with Crippen molar-refractivity contribution in [3.05, 3.63) is 109 Å². The number of hydrogen-bond acceptors (Lipinski definition) is 8. The van der Waals surface area contributed by atoms with Crippen LogP contribution < -0.4 is 5.11 Å². The van der Waals surface area contributed by atoms with Crippen molar-refractivity contribution in [1.29, 1.82) is 0 Å². The van der Waals surface area contributed by atoms with E-state index >= 15 is 0 Å². The summed E-state index contributed by atoms with van der Waals surface area (Å²) in [7, 11) is 5.88. The van der Waals surface area contributed by atoms with Crippen LogP contribution in [0.5, 0.6) is 0 Å². The number of quaternary nitrogens is 1. The van der Waals surface area contributed by atoms with E-state index in [1.807, 2.05) is 21.1 Å². The Bertz CT molecular complexity index is 1440. The Hall–Kier alpha value is -4.05. The first-order valence-electron chi connectivity index (χ1n) is 25.5. The van der Waals surface area contributed by atoms with Crippen LogP contribution in [0, 0.1) is 0 Å². The van der Waals surface area contributed by atoms with Crippen LogP contribution in [0.4, 0.5) is 0 Å². The van der Waals surface area contributed by atoms with Gasteiger partial charge in [-0.2, -0.15) is 0 Å². The highest BCUT2D eigenvalue weighted by Gasteiger charge is 2.21. The highest BCUT2D eigenvalue weighted by molar-refractivity contribution is 5.70. The Labute approximate surface area is 403 Å². The molecule has 0 saturated carbocycles. The summed E-state index contributed by atoms with van der Waals surface area (Å²) in [5.41, 5.74) is 0. The fourth-order valence-electron chi connectivity index (χ4n) is 6.31. The molecule has 0 aliphatic heterocycles. The van der Waals surface area contributed by atoms with Crippen LogP contribution in [0.25, 0.3) is 0 Å². The molecule has 0 bridgehead atoms. The number of ether oxygens (including phenoxy) is 4. The zero-order valence-corrected chi connectivity index (χ0v) is 42.3. The number of unbranched alkanes of at least 4 members (excludes halogenated alkanes) is 12. The minimum Gasteiger partial charge on any atom is -0.545 e. The Morgan fingerprint density at radius 3 is 1.33 bits per heavy atom. The smallest absolute Gasteiger partial charge is 0.306 e. The largest absolute Gasteiger partial charge is 0.545 e. The molecule has 0 aromatic carbocycles. The van der Waals surface area contributed by atoms with E-state index < -0.39 is 24.3 Å². The quantitative estimate of drug-likeness (QED) is 0.0195. The average molecular weight is 920 g/mol. The molecule has 0 amide bonds. The Morgan fingerprint density at radius 2 is 0.864 bits per heavy atom. The zero-order valence-electron chi connectivity index (χ0n) is 42.3. The van der Waals surface area contributed by atoms with Crippen molar-refractivity contribution < 1.29 is 42.9 Å². The normalized spacial score (nSPS) is 13.8. The molecule has 0 spiro atoms. The van der Waals surface area contributed by atoms with Gasteiger partial charge in [0.2, 0.25) is 0 Å². The van der Waals surface area contributed by atoms with Gasteiger partial charge in [-0.15, -0.1) is 0 Å². The standard InChI is InChI=1S/C57H93NO8/c1-6-8-10-12-14-16-18-20-22-23-24-25-26-27-28-29-30-31-32-33-34-36-38-40-42-44-46-48-55(60)66-53(52-65-57(56(61)62)63-50-49-58(3,4)5)51-64-54(59)47-45-43-41-39-37-35-21-19-17-15-13-11-9-7-2/h8,10,14,16,19-22,24-25,27-28,30-31,33-34,38,40,53,57H,6-7,9,11-13,15,17-18,23,26,29,32,35-37,39,41-52H2,1-5H3/b10-8-,16-14-,21-19-,22-20-,25-24-,28-27-,31-30-,34-33-,40-38-. The Kier molecular flexibility index (Phi) is 44.5. The van der Waals surface area contributed by atoms with Crippen molar-refractivity contribution in [3.8, 4) is 0 Å². The molecule has 0 aromatic heterocycles. The second-order valence-electron chi connectivity index (χ2n) is 17.7. The van der Waals surface area contributed by atoms with Crippen molar-refractivity contribution in [1.82, 2.24) is 0 Å². The number of rotatable bonds is 45. The van der Waals surface area contributed by atoms with Crippen LogP contribution in [0.15, 0.2) is 109 Å². The first kappa shape index (κ1) is 62.0. The van der Waals surface area contributed by atoms with Gasteiger partial charge >= 0.3 is 11.9 Å². The maximum Gasteiger partial charge on any atom is 0.306 e. The number of aliphatic carboxylic acids is 1. The lowest BCUT2D eigenvalue weighted by Gasteiger charge is -2.26. The number of carbonyl (C=O) groups excluding carboxylic acids is 3. The first-order valence-corrected chi connectivity index (χ1v) is 25.5. The van der Waals surface area contributed by atoms with Gasteiger partial charge in [0.25, 0.3) is 0 Å². The molecule has 0 aliphatic carbocycles. The number of allylic oxidation sites excluding steroid dienone is 18. The molecule has 0 aliphatic rings. The summed E-state index contributed by atoms with van der Waals surface area (Å²) in [6.07, 6.45) is 61.3. The number of carbonyl (C=O) groups is 3. The fraction of sp³-hybridized carbons (Fsp3) is 0.632. The van der Waals surface area contributed by atoms with Gasteiger partial charge in [-0.3, -0.25) is 9.59 Å². The van der Waals surface area contributed by atoms with E-state index in [2.05, 4.69) is 123 Å². The topological polar surface area (TPSA) is 111 Å². The lowest BCUT2D eigenvalue weighted by molar-refractivity contribution is -0.870. The van der Waals surface area contributed by atoms with Gasteiger partial charge in [0.05, 0.1) is 40.3 Å². The van der Waals surface area contributed by atoms with Gasteiger partial charge in [0.15, 0.2) is 12.4 Å². The highest BCUT2D eigenvalue weighted by Crippen LogP contribution is 2.12. The third-order valence-corrected chi connectivity index (χ3v) is 10.3. The monoisotopic (exact) mass is 920 g/mol. The van der Waals surface area contributed by atoms with Crippen molar-refractivity contribution in [2.24, 2.45) is 0 Å². The van der Waals surface area contributed by atoms with Crippen LogP contribution in [-0.2, 0) is 33.3 Å². The van der Waals surface area contributed by atoms with Crippen molar-refractivity contribution in [3.63, 3.8) is 0 Å². The summed E-state index contributed by atoms with van der Waals surface area (Å²) >= 11 is 0. The molecule has 9 heteroatoms. The molecule has 0 radical (unpaired) electrons. The van der Waals surface area contributed by atoms with E-state index in [0.29, 0.717) is 17.4 Å². The predicted molar refractivity (Wildman–Crippen MR) is 273 cm³/mol. The van der Waals surface area contributed by atoms with Gasteiger partial charge in [0.1, 0.15) is 13.2 Å². The summed E-state index contributed by atoms with van der Waals surface area (Å²) < 4.78 is 22.5. The molecule has 9 nitrogen and oxygen atoms in total. The Balaban J connectivity index is 4.46. The van der Waals surface area contributed by atoms with Crippen LogP contribution >= 0.6 is 0 Å². The van der Waals surface area contributed by atoms with Gasteiger partial charge in [-0.05, 0) is 103 Å². The number of carboxylic acids is 1. The van der Waals surface area contributed by atoms with E-state index in [9.17, 15) is 19.5 Å². The highest BCUT2D eigenvalue weighted by atomic mass is 16.7. The van der Waals surface area contributed by atoms with Crippen LogP contribution in [0.3, 0.4) is 0 Å². The fourth-order valence-corrected chi connectivity index (χ4v) is 6.31. The third kappa shape index (κ3) is 47.9. The minimum atomic E-state index is -1.64. The molecule has 0 fully saturated rings.